The van der Waals surface area contributed by atoms with Gasteiger partial charge in [0.2, 0.25) is 0 Å². The predicted octanol–water partition coefficient (Wildman–Crippen LogP) is 2.79. The van der Waals surface area contributed by atoms with Crippen molar-refractivity contribution in [3.63, 3.8) is 0 Å². The summed E-state index contributed by atoms with van der Waals surface area (Å²) < 4.78 is 0. The zero-order valence-corrected chi connectivity index (χ0v) is 13.8. The molecule has 1 fully saturated rings. The van der Waals surface area contributed by atoms with E-state index in [1.54, 1.807) is 6.33 Å². The molecular weight excluding hydrogens is 262 g/mol. The van der Waals surface area contributed by atoms with Gasteiger partial charge >= 0.3 is 0 Å². The van der Waals surface area contributed by atoms with Crippen LogP contribution in [0.15, 0.2) is 6.33 Å². The van der Waals surface area contributed by atoms with Gasteiger partial charge in [0.1, 0.15) is 18.0 Å². The molecule has 2 N–H and O–H groups in total. The number of rotatable bonds is 6. The highest BCUT2D eigenvalue weighted by Gasteiger charge is 2.19. The van der Waals surface area contributed by atoms with E-state index in [2.05, 4.69) is 53.3 Å². The average Bonchev–Trinajstić information content (AvgIpc) is 2.47. The van der Waals surface area contributed by atoms with Gasteiger partial charge in [-0.25, -0.2) is 9.97 Å². The highest BCUT2D eigenvalue weighted by molar-refractivity contribution is 5.58. The molecule has 1 aliphatic heterocycles. The Morgan fingerprint density at radius 2 is 1.81 bits per heavy atom. The molecule has 1 aromatic rings. The first-order valence-corrected chi connectivity index (χ1v) is 8.13. The first-order chi connectivity index (χ1) is 10.1. The Balaban J connectivity index is 2.03. The smallest absolute Gasteiger partial charge is 0.134 e. The molecule has 5 heteroatoms. The summed E-state index contributed by atoms with van der Waals surface area (Å²) in [4.78, 5) is 11.3. The normalized spacial score (nSPS) is 17.2. The molecule has 0 unspecified atom stereocenters. The molecule has 0 spiro atoms. The van der Waals surface area contributed by atoms with Gasteiger partial charge in [0.15, 0.2) is 0 Å². The van der Waals surface area contributed by atoms with Crippen LogP contribution < -0.4 is 10.6 Å². The maximum atomic E-state index is 4.47. The quantitative estimate of drug-likeness (QED) is 0.844. The Morgan fingerprint density at radius 3 is 2.38 bits per heavy atom. The molecule has 0 atom stereocenters. The molecule has 1 aliphatic rings. The SMILES string of the molecule is CCNc1ncnc(NCC2CCN(C)CC2)c1C(C)C. The Kier molecular flexibility index (Phi) is 5.79. The summed E-state index contributed by atoms with van der Waals surface area (Å²) in [5, 5.41) is 6.91. The lowest BCUT2D eigenvalue weighted by molar-refractivity contribution is 0.226. The van der Waals surface area contributed by atoms with Gasteiger partial charge in [-0.3, -0.25) is 0 Å². The number of hydrogen-bond donors (Lipinski definition) is 2. The summed E-state index contributed by atoms with van der Waals surface area (Å²) >= 11 is 0. The molecular formula is C16H29N5. The number of nitrogens with one attached hydrogen (secondary N) is 2. The van der Waals surface area contributed by atoms with Gasteiger partial charge in [0.25, 0.3) is 0 Å². The fraction of sp³-hybridized carbons (Fsp3) is 0.750. The Morgan fingerprint density at radius 1 is 1.19 bits per heavy atom. The molecule has 118 valence electrons. The van der Waals surface area contributed by atoms with Gasteiger partial charge in [-0.15, -0.1) is 0 Å². The van der Waals surface area contributed by atoms with Gasteiger partial charge in [0, 0.05) is 18.7 Å². The molecule has 2 heterocycles. The van der Waals surface area contributed by atoms with Crippen molar-refractivity contribution < 1.29 is 0 Å². The first-order valence-electron chi connectivity index (χ1n) is 8.13. The van der Waals surface area contributed by atoms with Crippen LogP contribution >= 0.6 is 0 Å². The van der Waals surface area contributed by atoms with Crippen molar-refractivity contribution in [1.82, 2.24) is 14.9 Å². The number of aromatic nitrogens is 2. The van der Waals surface area contributed by atoms with Crippen LogP contribution in [0.5, 0.6) is 0 Å². The van der Waals surface area contributed by atoms with E-state index in [4.69, 9.17) is 0 Å². The van der Waals surface area contributed by atoms with Crippen molar-refractivity contribution >= 4 is 11.6 Å². The van der Waals surface area contributed by atoms with Crippen molar-refractivity contribution in [2.45, 2.75) is 39.5 Å². The summed E-state index contributed by atoms with van der Waals surface area (Å²) in [5.41, 5.74) is 1.20. The van der Waals surface area contributed by atoms with Crippen molar-refractivity contribution in [3.05, 3.63) is 11.9 Å². The lowest BCUT2D eigenvalue weighted by Crippen LogP contribution is -2.33. The Hall–Kier alpha value is -1.36. The van der Waals surface area contributed by atoms with E-state index < -0.39 is 0 Å². The van der Waals surface area contributed by atoms with Crippen LogP contribution in [-0.2, 0) is 0 Å². The number of hydrogen-bond acceptors (Lipinski definition) is 5. The molecule has 1 aromatic heterocycles. The molecule has 1 saturated heterocycles. The van der Waals surface area contributed by atoms with Crippen LogP contribution in [0.25, 0.3) is 0 Å². The summed E-state index contributed by atoms with van der Waals surface area (Å²) in [6.45, 7) is 10.8. The fourth-order valence-corrected chi connectivity index (χ4v) is 2.90. The van der Waals surface area contributed by atoms with E-state index in [0.717, 1.165) is 30.6 Å². The minimum Gasteiger partial charge on any atom is -0.370 e. The van der Waals surface area contributed by atoms with Crippen molar-refractivity contribution in [2.24, 2.45) is 5.92 Å². The molecule has 0 radical (unpaired) electrons. The average molecular weight is 291 g/mol. The fourth-order valence-electron chi connectivity index (χ4n) is 2.90. The maximum Gasteiger partial charge on any atom is 0.134 e. The van der Waals surface area contributed by atoms with Gasteiger partial charge in [-0.2, -0.15) is 0 Å². The minimum atomic E-state index is 0.403. The van der Waals surface area contributed by atoms with Crippen LogP contribution in [0, 0.1) is 5.92 Å². The van der Waals surface area contributed by atoms with Gasteiger partial charge in [-0.1, -0.05) is 13.8 Å². The van der Waals surface area contributed by atoms with Crippen molar-refractivity contribution in [3.8, 4) is 0 Å². The second-order valence-electron chi connectivity index (χ2n) is 6.30. The van der Waals surface area contributed by atoms with E-state index in [9.17, 15) is 0 Å². The largest absolute Gasteiger partial charge is 0.370 e. The molecule has 5 nitrogen and oxygen atoms in total. The summed E-state index contributed by atoms with van der Waals surface area (Å²) in [6.07, 6.45) is 4.19. The topological polar surface area (TPSA) is 53.1 Å². The first kappa shape index (κ1) is 16.0. The summed E-state index contributed by atoms with van der Waals surface area (Å²) in [6, 6.07) is 0. The third-order valence-corrected chi connectivity index (χ3v) is 4.20. The summed E-state index contributed by atoms with van der Waals surface area (Å²) in [5.74, 6) is 3.11. The van der Waals surface area contributed by atoms with Crippen molar-refractivity contribution in [2.75, 3.05) is 43.9 Å². The number of anilines is 2. The standard InChI is InChI=1S/C16H29N5/c1-5-17-15-14(12(2)3)16(20-11-19-15)18-10-13-6-8-21(4)9-7-13/h11-13H,5-10H2,1-4H3,(H2,17,18,19,20). The minimum absolute atomic E-state index is 0.403. The molecule has 0 amide bonds. The zero-order chi connectivity index (χ0) is 15.2. The lowest BCUT2D eigenvalue weighted by atomic mass is 9.97. The number of likely N-dealkylation sites (tertiary alicyclic amines) is 1. The number of piperidine rings is 1. The molecule has 0 saturated carbocycles. The summed E-state index contributed by atoms with van der Waals surface area (Å²) in [7, 11) is 2.20. The molecule has 0 aromatic carbocycles. The van der Waals surface area contributed by atoms with Crippen molar-refractivity contribution in [1.29, 1.82) is 0 Å². The van der Waals surface area contributed by atoms with E-state index in [1.165, 1.54) is 31.5 Å². The third-order valence-electron chi connectivity index (χ3n) is 4.20. The molecule has 0 aliphatic carbocycles. The van der Waals surface area contributed by atoms with E-state index in [-0.39, 0.29) is 0 Å². The highest BCUT2D eigenvalue weighted by atomic mass is 15.1. The Bertz CT molecular complexity index is 438. The van der Waals surface area contributed by atoms with E-state index in [0.29, 0.717) is 5.92 Å². The molecule has 0 bridgehead atoms. The van der Waals surface area contributed by atoms with Crippen LogP contribution in [0.1, 0.15) is 45.1 Å². The zero-order valence-electron chi connectivity index (χ0n) is 13.8. The van der Waals surface area contributed by atoms with Crippen LogP contribution in [-0.4, -0.2) is 48.1 Å². The van der Waals surface area contributed by atoms with Crippen LogP contribution in [0.2, 0.25) is 0 Å². The second kappa shape index (κ2) is 7.59. The second-order valence-corrected chi connectivity index (χ2v) is 6.30. The van der Waals surface area contributed by atoms with Gasteiger partial charge in [-0.05, 0) is 51.7 Å². The van der Waals surface area contributed by atoms with Crippen LogP contribution in [0.3, 0.4) is 0 Å². The third kappa shape index (κ3) is 4.30. The van der Waals surface area contributed by atoms with Gasteiger partial charge in [0.05, 0.1) is 0 Å². The molecule has 21 heavy (non-hydrogen) atoms. The predicted molar refractivity (Wildman–Crippen MR) is 89.0 cm³/mol. The Labute approximate surface area is 128 Å². The van der Waals surface area contributed by atoms with E-state index >= 15 is 0 Å². The molecule has 2 rings (SSSR count). The lowest BCUT2D eigenvalue weighted by Gasteiger charge is -2.29. The number of nitrogens with zero attached hydrogens (tertiary/aromatic N) is 3. The highest BCUT2D eigenvalue weighted by Crippen LogP contribution is 2.28. The maximum absolute atomic E-state index is 4.47. The van der Waals surface area contributed by atoms with E-state index in [1.807, 2.05) is 0 Å². The monoisotopic (exact) mass is 291 g/mol. The van der Waals surface area contributed by atoms with Crippen LogP contribution in [0.4, 0.5) is 11.6 Å². The van der Waals surface area contributed by atoms with Gasteiger partial charge < -0.3 is 15.5 Å².